The van der Waals surface area contributed by atoms with E-state index in [-0.39, 0.29) is 5.41 Å². The number of hydrogen-bond donors (Lipinski definition) is 1. The number of amides is 1. The Morgan fingerprint density at radius 3 is 2.47 bits per heavy atom. The maximum atomic E-state index is 13.9. The Bertz CT molecular complexity index is 261. The van der Waals surface area contributed by atoms with Gasteiger partial charge < -0.3 is 10.0 Å². The van der Waals surface area contributed by atoms with Gasteiger partial charge in [-0.1, -0.05) is 6.92 Å². The van der Waals surface area contributed by atoms with Crippen molar-refractivity contribution >= 4 is 6.09 Å². The quantitative estimate of drug-likeness (QED) is 0.674. The van der Waals surface area contributed by atoms with Crippen LogP contribution >= 0.6 is 0 Å². The van der Waals surface area contributed by atoms with Crippen molar-refractivity contribution < 1.29 is 14.3 Å². The molecule has 0 aromatic rings. The minimum atomic E-state index is -0.869. The molecule has 2 unspecified atom stereocenters. The second kappa shape index (κ2) is 3.65. The fourth-order valence-corrected chi connectivity index (χ4v) is 3.17. The largest absolute Gasteiger partial charge is 0.465 e. The number of hydrogen-bond acceptors (Lipinski definition) is 1. The average molecular weight is 215 g/mol. The summed E-state index contributed by atoms with van der Waals surface area (Å²) in [5, 5.41) is 8.82. The molecule has 1 aliphatic carbocycles. The predicted molar refractivity (Wildman–Crippen MR) is 54.6 cm³/mol. The van der Waals surface area contributed by atoms with Gasteiger partial charge in [-0.3, -0.25) is 0 Å². The van der Waals surface area contributed by atoms with Crippen LogP contribution in [0.25, 0.3) is 0 Å². The van der Waals surface area contributed by atoms with Crippen LogP contribution in [-0.2, 0) is 0 Å². The highest BCUT2D eigenvalue weighted by molar-refractivity contribution is 5.65. The predicted octanol–water partition coefficient (Wildman–Crippen LogP) is 2.51. The summed E-state index contributed by atoms with van der Waals surface area (Å²) in [6, 6.07) is 0. The third-order valence-electron chi connectivity index (χ3n) is 4.06. The van der Waals surface area contributed by atoms with Crippen LogP contribution in [0, 0.1) is 11.3 Å². The number of halogens is 1. The van der Waals surface area contributed by atoms with Crippen LogP contribution in [0.3, 0.4) is 0 Å². The van der Waals surface area contributed by atoms with Crippen LogP contribution < -0.4 is 0 Å². The van der Waals surface area contributed by atoms with Gasteiger partial charge in [-0.05, 0) is 31.6 Å². The van der Waals surface area contributed by atoms with Crippen molar-refractivity contribution in [2.24, 2.45) is 11.3 Å². The van der Waals surface area contributed by atoms with E-state index in [0.29, 0.717) is 38.3 Å². The minimum absolute atomic E-state index is 0.203. The van der Waals surface area contributed by atoms with E-state index in [2.05, 4.69) is 6.92 Å². The topological polar surface area (TPSA) is 40.5 Å². The molecular weight excluding hydrogens is 197 g/mol. The maximum absolute atomic E-state index is 13.9. The third-order valence-corrected chi connectivity index (χ3v) is 4.06. The van der Waals surface area contributed by atoms with Crippen LogP contribution in [0.4, 0.5) is 9.18 Å². The second-order valence-electron chi connectivity index (χ2n) is 5.14. The molecule has 86 valence electrons. The number of carbonyl (C=O) groups is 1. The molecule has 0 radical (unpaired) electrons. The van der Waals surface area contributed by atoms with Crippen LogP contribution in [0.2, 0.25) is 0 Å². The monoisotopic (exact) mass is 215 g/mol. The molecule has 3 nitrogen and oxygen atoms in total. The van der Waals surface area contributed by atoms with Crippen molar-refractivity contribution in [1.29, 1.82) is 0 Å². The second-order valence-corrected chi connectivity index (χ2v) is 5.14. The lowest BCUT2D eigenvalue weighted by Gasteiger charge is -2.39. The van der Waals surface area contributed by atoms with Gasteiger partial charge in [0.1, 0.15) is 6.17 Å². The van der Waals surface area contributed by atoms with E-state index in [1.54, 1.807) is 0 Å². The lowest BCUT2D eigenvalue weighted by Crippen LogP contribution is -2.44. The van der Waals surface area contributed by atoms with E-state index < -0.39 is 12.3 Å². The standard InChI is InChI=1S/C11H18FNO2/c1-8-6-9(12)11(7-8)2-4-13(5-3-11)10(14)15/h8-9H,2-7H2,1H3,(H,14,15). The van der Waals surface area contributed by atoms with Gasteiger partial charge in [-0.25, -0.2) is 9.18 Å². The highest BCUT2D eigenvalue weighted by atomic mass is 19.1. The van der Waals surface area contributed by atoms with E-state index in [9.17, 15) is 9.18 Å². The first-order valence-electron chi connectivity index (χ1n) is 5.65. The van der Waals surface area contributed by atoms with Gasteiger partial charge >= 0.3 is 6.09 Å². The first-order valence-corrected chi connectivity index (χ1v) is 5.65. The Kier molecular flexibility index (Phi) is 2.61. The first-order chi connectivity index (χ1) is 7.03. The first kappa shape index (κ1) is 10.7. The smallest absolute Gasteiger partial charge is 0.407 e. The molecule has 0 bridgehead atoms. The molecule has 2 fully saturated rings. The van der Waals surface area contributed by atoms with Gasteiger partial charge in [0.25, 0.3) is 0 Å². The minimum Gasteiger partial charge on any atom is -0.465 e. The number of likely N-dealkylation sites (tertiary alicyclic amines) is 1. The molecule has 1 aliphatic heterocycles. The summed E-state index contributed by atoms with van der Waals surface area (Å²) in [7, 11) is 0. The molecule has 2 rings (SSSR count). The van der Waals surface area contributed by atoms with Crippen LogP contribution in [-0.4, -0.2) is 35.4 Å². The molecule has 1 saturated heterocycles. The zero-order chi connectivity index (χ0) is 11.1. The summed E-state index contributed by atoms with van der Waals surface area (Å²) in [4.78, 5) is 12.1. The lowest BCUT2D eigenvalue weighted by atomic mass is 9.75. The summed E-state index contributed by atoms with van der Waals surface area (Å²) in [6.45, 7) is 3.09. The number of carboxylic acid groups (broad SMARTS) is 1. The molecule has 1 heterocycles. The molecule has 0 aromatic heterocycles. The molecule has 1 N–H and O–H groups in total. The molecule has 2 aliphatic rings. The van der Waals surface area contributed by atoms with E-state index in [4.69, 9.17) is 5.11 Å². The summed E-state index contributed by atoms with van der Waals surface area (Å²) in [6.07, 6.45) is 1.40. The zero-order valence-corrected chi connectivity index (χ0v) is 9.08. The molecule has 15 heavy (non-hydrogen) atoms. The Hall–Kier alpha value is -0.800. The average Bonchev–Trinajstić information content (AvgIpc) is 2.42. The number of rotatable bonds is 0. The van der Waals surface area contributed by atoms with E-state index in [1.165, 1.54) is 4.90 Å². The summed E-state index contributed by atoms with van der Waals surface area (Å²) in [5.41, 5.74) is -0.203. The lowest BCUT2D eigenvalue weighted by molar-refractivity contribution is 0.0470. The number of alkyl halides is 1. The van der Waals surface area contributed by atoms with Crippen LogP contribution in [0.1, 0.15) is 32.6 Å². The molecule has 1 spiro atoms. The summed E-state index contributed by atoms with van der Waals surface area (Å²) in [5.74, 6) is 0.455. The summed E-state index contributed by atoms with van der Waals surface area (Å²) < 4.78 is 13.9. The normalized spacial score (nSPS) is 34.7. The van der Waals surface area contributed by atoms with Gasteiger partial charge in [0.2, 0.25) is 0 Å². The molecular formula is C11H18FNO2. The van der Waals surface area contributed by atoms with Gasteiger partial charge in [0.15, 0.2) is 0 Å². The highest BCUT2D eigenvalue weighted by Gasteiger charge is 2.48. The van der Waals surface area contributed by atoms with Crippen molar-refractivity contribution in [3.63, 3.8) is 0 Å². The van der Waals surface area contributed by atoms with Gasteiger partial charge in [-0.2, -0.15) is 0 Å². The van der Waals surface area contributed by atoms with Crippen LogP contribution in [0.15, 0.2) is 0 Å². The fourth-order valence-electron chi connectivity index (χ4n) is 3.17. The molecule has 4 heteroatoms. The molecule has 2 atom stereocenters. The Morgan fingerprint density at radius 2 is 2.07 bits per heavy atom. The van der Waals surface area contributed by atoms with Gasteiger partial charge in [0, 0.05) is 18.5 Å². The molecule has 1 saturated carbocycles. The van der Waals surface area contributed by atoms with Crippen molar-refractivity contribution in [2.45, 2.75) is 38.8 Å². The Balaban J connectivity index is 2.00. The highest BCUT2D eigenvalue weighted by Crippen LogP contribution is 2.50. The molecule has 1 amide bonds. The zero-order valence-electron chi connectivity index (χ0n) is 9.08. The van der Waals surface area contributed by atoms with Crippen molar-refractivity contribution in [1.82, 2.24) is 4.90 Å². The SMILES string of the molecule is CC1CC(F)C2(CCN(C(=O)O)CC2)C1. The van der Waals surface area contributed by atoms with E-state index >= 15 is 0 Å². The van der Waals surface area contributed by atoms with Crippen molar-refractivity contribution in [2.75, 3.05) is 13.1 Å². The Labute approximate surface area is 89.3 Å². The third kappa shape index (κ3) is 1.82. The Morgan fingerprint density at radius 1 is 1.47 bits per heavy atom. The number of nitrogens with zero attached hydrogens (tertiary/aromatic N) is 1. The summed E-state index contributed by atoms with van der Waals surface area (Å²) >= 11 is 0. The van der Waals surface area contributed by atoms with E-state index in [1.807, 2.05) is 0 Å². The fraction of sp³-hybridized carbons (Fsp3) is 0.909. The maximum Gasteiger partial charge on any atom is 0.407 e. The van der Waals surface area contributed by atoms with Gasteiger partial charge in [-0.15, -0.1) is 0 Å². The van der Waals surface area contributed by atoms with Gasteiger partial charge in [0.05, 0.1) is 0 Å². The molecule has 0 aromatic carbocycles. The van der Waals surface area contributed by atoms with Crippen molar-refractivity contribution in [3.8, 4) is 0 Å². The van der Waals surface area contributed by atoms with E-state index in [0.717, 1.165) is 6.42 Å². The van der Waals surface area contributed by atoms with Crippen molar-refractivity contribution in [3.05, 3.63) is 0 Å². The number of piperidine rings is 1. The van der Waals surface area contributed by atoms with Crippen LogP contribution in [0.5, 0.6) is 0 Å².